The number of alkyl carbamates (subject to hydrolysis) is 1. The van der Waals surface area contributed by atoms with Crippen LogP contribution in [0.15, 0.2) is 0 Å². The van der Waals surface area contributed by atoms with E-state index in [1.807, 2.05) is 0 Å². The third-order valence-corrected chi connectivity index (χ3v) is 2.52. The molecule has 1 N–H and O–H groups in total. The molecule has 1 saturated heterocycles. The molecule has 0 saturated carbocycles. The molecule has 0 radical (unpaired) electrons. The maximum absolute atomic E-state index is 11.5. The quantitative estimate of drug-likeness (QED) is 0.604. The highest BCUT2D eigenvalue weighted by Crippen LogP contribution is 2.21. The summed E-state index contributed by atoms with van der Waals surface area (Å²) in [6.45, 7) is 6.17. The Morgan fingerprint density at radius 1 is 1.50 bits per heavy atom. The molecule has 18 heavy (non-hydrogen) atoms. The smallest absolute Gasteiger partial charge is 0.407 e. The van der Waals surface area contributed by atoms with Gasteiger partial charge in [0.05, 0.1) is 0 Å². The molecule has 1 heterocycles. The average molecular weight is 253 g/mol. The maximum atomic E-state index is 11.5. The van der Waals surface area contributed by atoms with Gasteiger partial charge in [0.2, 0.25) is 5.78 Å². The Morgan fingerprint density at radius 3 is 2.72 bits per heavy atom. The minimum absolute atomic E-state index is 0.0823. The number of hydrogen-bond donors (Lipinski definition) is 1. The van der Waals surface area contributed by atoms with Crippen LogP contribution in [0, 0.1) is 18.3 Å². The van der Waals surface area contributed by atoms with E-state index in [4.69, 9.17) is 15.9 Å². The molecule has 0 aromatic rings. The Bertz CT molecular complexity index is 364. The van der Waals surface area contributed by atoms with Crippen molar-refractivity contribution in [3.8, 4) is 12.3 Å². The molecule has 1 aliphatic rings. The van der Waals surface area contributed by atoms with Crippen LogP contribution in [0.5, 0.6) is 0 Å². The van der Waals surface area contributed by atoms with Gasteiger partial charge >= 0.3 is 6.09 Å². The standard InChI is InChI=1S/C13H19NO4/c1-5-10(15)11-9(6-7-17-11)8-14-12(16)18-13(2,3)4/h1,9,11H,6-8H2,2-4H3,(H,14,16)/t9-,11-/m0/s1. The van der Waals surface area contributed by atoms with Gasteiger partial charge in [-0.2, -0.15) is 0 Å². The van der Waals surface area contributed by atoms with Gasteiger partial charge in [0.25, 0.3) is 0 Å². The summed E-state index contributed by atoms with van der Waals surface area (Å²) in [4.78, 5) is 22.9. The second-order valence-electron chi connectivity index (χ2n) is 5.23. The number of Topliss-reactive ketones (excluding diaryl/α,β-unsaturated/α-hetero) is 1. The molecule has 1 amide bonds. The van der Waals surface area contributed by atoms with Crippen molar-refractivity contribution in [3.63, 3.8) is 0 Å². The number of terminal acetylenes is 1. The van der Waals surface area contributed by atoms with Crippen molar-refractivity contribution in [2.75, 3.05) is 13.2 Å². The SMILES string of the molecule is C#CC(=O)[C@H]1OCC[C@H]1CNC(=O)OC(C)(C)C. The second kappa shape index (κ2) is 5.87. The van der Waals surface area contributed by atoms with Crippen LogP contribution in [0.2, 0.25) is 0 Å². The van der Waals surface area contributed by atoms with Crippen LogP contribution in [0.3, 0.4) is 0 Å². The van der Waals surface area contributed by atoms with E-state index in [1.54, 1.807) is 20.8 Å². The topological polar surface area (TPSA) is 64.6 Å². The molecular formula is C13H19NO4. The van der Waals surface area contributed by atoms with Gasteiger partial charge in [0, 0.05) is 19.1 Å². The van der Waals surface area contributed by atoms with Crippen molar-refractivity contribution in [1.29, 1.82) is 0 Å². The Labute approximate surface area is 107 Å². The zero-order valence-electron chi connectivity index (χ0n) is 11.0. The fourth-order valence-corrected chi connectivity index (χ4v) is 1.74. The number of ether oxygens (including phenoxy) is 2. The highest BCUT2D eigenvalue weighted by molar-refractivity contribution is 5.98. The zero-order valence-corrected chi connectivity index (χ0v) is 11.0. The van der Waals surface area contributed by atoms with Crippen molar-refractivity contribution in [2.24, 2.45) is 5.92 Å². The van der Waals surface area contributed by atoms with Crippen LogP contribution in [0.4, 0.5) is 4.79 Å². The van der Waals surface area contributed by atoms with E-state index in [1.165, 1.54) is 0 Å². The molecule has 100 valence electrons. The number of nitrogens with one attached hydrogen (secondary N) is 1. The molecule has 1 fully saturated rings. The fraction of sp³-hybridized carbons (Fsp3) is 0.692. The van der Waals surface area contributed by atoms with Crippen molar-refractivity contribution in [1.82, 2.24) is 5.32 Å². The first-order chi connectivity index (χ1) is 8.33. The number of rotatable bonds is 3. The molecule has 0 unspecified atom stereocenters. The molecule has 1 aliphatic heterocycles. The van der Waals surface area contributed by atoms with E-state index < -0.39 is 17.8 Å². The summed E-state index contributed by atoms with van der Waals surface area (Å²) >= 11 is 0. The van der Waals surface area contributed by atoms with Gasteiger partial charge in [-0.05, 0) is 33.1 Å². The summed E-state index contributed by atoms with van der Waals surface area (Å²) < 4.78 is 10.4. The lowest BCUT2D eigenvalue weighted by Crippen LogP contribution is -2.38. The molecule has 5 nitrogen and oxygen atoms in total. The van der Waals surface area contributed by atoms with Crippen LogP contribution in [0.25, 0.3) is 0 Å². The van der Waals surface area contributed by atoms with Crippen molar-refractivity contribution < 1.29 is 19.1 Å². The monoisotopic (exact) mass is 253 g/mol. The molecule has 0 spiro atoms. The molecule has 0 aromatic carbocycles. The van der Waals surface area contributed by atoms with Crippen LogP contribution >= 0.6 is 0 Å². The lowest BCUT2D eigenvalue weighted by molar-refractivity contribution is -0.123. The third-order valence-electron chi connectivity index (χ3n) is 2.52. The van der Waals surface area contributed by atoms with Crippen LogP contribution in [-0.2, 0) is 14.3 Å². The van der Waals surface area contributed by atoms with Gasteiger partial charge in [0.15, 0.2) is 0 Å². The van der Waals surface area contributed by atoms with Gasteiger partial charge in [-0.25, -0.2) is 4.79 Å². The summed E-state index contributed by atoms with van der Waals surface area (Å²) in [6.07, 6.45) is 4.66. The summed E-state index contributed by atoms with van der Waals surface area (Å²) in [7, 11) is 0. The van der Waals surface area contributed by atoms with Crippen molar-refractivity contribution in [3.05, 3.63) is 0 Å². The van der Waals surface area contributed by atoms with E-state index in [9.17, 15) is 9.59 Å². The van der Waals surface area contributed by atoms with E-state index >= 15 is 0 Å². The second-order valence-corrected chi connectivity index (χ2v) is 5.23. The molecule has 0 aliphatic carbocycles. The number of amides is 1. The van der Waals surface area contributed by atoms with Gasteiger partial charge in [-0.1, -0.05) is 0 Å². The molecular weight excluding hydrogens is 234 g/mol. The summed E-state index contributed by atoms with van der Waals surface area (Å²) in [5.74, 6) is 1.60. The van der Waals surface area contributed by atoms with E-state index in [-0.39, 0.29) is 11.7 Å². The highest BCUT2D eigenvalue weighted by Gasteiger charge is 2.33. The van der Waals surface area contributed by atoms with E-state index in [0.29, 0.717) is 19.6 Å². The Morgan fingerprint density at radius 2 is 2.17 bits per heavy atom. The van der Waals surface area contributed by atoms with Crippen LogP contribution in [-0.4, -0.2) is 36.7 Å². The van der Waals surface area contributed by atoms with Gasteiger partial charge in [-0.15, -0.1) is 6.42 Å². The molecule has 0 bridgehead atoms. The lowest BCUT2D eigenvalue weighted by atomic mass is 9.98. The predicted molar refractivity (Wildman–Crippen MR) is 65.9 cm³/mol. The Balaban J connectivity index is 2.41. The summed E-state index contributed by atoms with van der Waals surface area (Å²) in [6, 6.07) is 0. The highest BCUT2D eigenvalue weighted by atomic mass is 16.6. The van der Waals surface area contributed by atoms with Crippen molar-refractivity contribution in [2.45, 2.75) is 38.9 Å². The summed E-state index contributed by atoms with van der Waals surface area (Å²) in [5, 5.41) is 2.63. The first-order valence-electron chi connectivity index (χ1n) is 5.92. The van der Waals surface area contributed by atoms with Crippen molar-refractivity contribution >= 4 is 11.9 Å². The molecule has 1 rings (SSSR count). The minimum atomic E-state index is -0.607. The Kier molecular flexibility index (Phi) is 4.74. The largest absolute Gasteiger partial charge is 0.444 e. The molecule has 2 atom stereocenters. The number of carbonyl (C=O) groups is 2. The Hall–Kier alpha value is -1.54. The normalized spacial score (nSPS) is 23.2. The first-order valence-corrected chi connectivity index (χ1v) is 5.92. The average Bonchev–Trinajstić information content (AvgIpc) is 2.71. The first kappa shape index (κ1) is 14.5. The van der Waals surface area contributed by atoms with Gasteiger partial charge in [-0.3, -0.25) is 4.79 Å². The van der Waals surface area contributed by atoms with E-state index in [2.05, 4.69) is 11.2 Å². The number of hydrogen-bond acceptors (Lipinski definition) is 4. The zero-order chi connectivity index (χ0) is 13.8. The fourth-order valence-electron chi connectivity index (χ4n) is 1.74. The van der Waals surface area contributed by atoms with E-state index in [0.717, 1.165) is 0 Å². The maximum Gasteiger partial charge on any atom is 0.407 e. The lowest BCUT2D eigenvalue weighted by Gasteiger charge is -2.21. The third kappa shape index (κ3) is 4.38. The van der Waals surface area contributed by atoms with Crippen LogP contribution < -0.4 is 5.32 Å². The number of carbonyl (C=O) groups excluding carboxylic acids is 2. The minimum Gasteiger partial charge on any atom is -0.444 e. The molecule has 0 aromatic heterocycles. The van der Waals surface area contributed by atoms with Crippen LogP contribution in [0.1, 0.15) is 27.2 Å². The number of ketones is 1. The molecule has 5 heteroatoms. The van der Waals surface area contributed by atoms with Gasteiger partial charge in [0.1, 0.15) is 11.7 Å². The summed E-state index contributed by atoms with van der Waals surface area (Å²) in [5.41, 5.74) is -0.537. The van der Waals surface area contributed by atoms with Gasteiger partial charge < -0.3 is 14.8 Å². The predicted octanol–water partition coefficient (Wildman–Crippen LogP) is 1.12.